The number of benzene rings is 3. The summed E-state index contributed by atoms with van der Waals surface area (Å²) in [5.41, 5.74) is 6.89. The summed E-state index contributed by atoms with van der Waals surface area (Å²) in [4.78, 5) is 20.1. The lowest BCUT2D eigenvalue weighted by Crippen LogP contribution is -2.26. The molecule has 5 rings (SSSR count). The number of imidazole rings is 1. The lowest BCUT2D eigenvalue weighted by Gasteiger charge is -2.21. The highest BCUT2D eigenvalue weighted by atomic mass is 16.2. The van der Waals surface area contributed by atoms with Crippen LogP contribution in [0.25, 0.3) is 11.0 Å². The van der Waals surface area contributed by atoms with Gasteiger partial charge in [0.05, 0.1) is 11.0 Å². The first-order valence-electron chi connectivity index (χ1n) is 11.5. The van der Waals surface area contributed by atoms with Crippen molar-refractivity contribution in [2.24, 2.45) is 0 Å². The summed E-state index contributed by atoms with van der Waals surface area (Å²) in [6.07, 6.45) is 2.58. The average Bonchev–Trinajstić information content (AvgIpc) is 3.35. The molecule has 0 radical (unpaired) electrons. The number of hydrogen-bond donors (Lipinski definition) is 0. The van der Waals surface area contributed by atoms with Gasteiger partial charge in [0.1, 0.15) is 5.82 Å². The molecule has 4 nitrogen and oxygen atoms in total. The Morgan fingerprint density at radius 2 is 1.62 bits per heavy atom. The van der Waals surface area contributed by atoms with Gasteiger partial charge in [-0.25, -0.2) is 4.98 Å². The fourth-order valence-corrected chi connectivity index (χ4v) is 5.05. The van der Waals surface area contributed by atoms with Crippen molar-refractivity contribution < 1.29 is 4.79 Å². The first kappa shape index (κ1) is 20.5. The molecular weight excluding hydrogens is 394 g/mol. The molecule has 1 unspecified atom stereocenters. The molecule has 1 aliphatic rings. The van der Waals surface area contributed by atoms with E-state index in [-0.39, 0.29) is 11.8 Å². The third kappa shape index (κ3) is 3.81. The monoisotopic (exact) mass is 423 g/mol. The largest absolute Gasteiger partial charge is 0.328 e. The van der Waals surface area contributed by atoms with Crippen molar-refractivity contribution in [1.82, 2.24) is 9.55 Å². The number of carbonyl (C=O) groups excluding carboxylic acids is 1. The number of para-hydroxylation sites is 3. The number of aromatic nitrogens is 2. The minimum Gasteiger partial charge on any atom is -0.328 e. The first-order chi connectivity index (χ1) is 15.6. The molecule has 1 fully saturated rings. The Labute approximate surface area is 189 Å². The molecule has 2 heterocycles. The maximum absolute atomic E-state index is 13.1. The minimum absolute atomic E-state index is 0.102. The fraction of sp³-hybridized carbons (Fsp3) is 0.286. The van der Waals surface area contributed by atoms with Crippen LogP contribution in [0.5, 0.6) is 0 Å². The quantitative estimate of drug-likeness (QED) is 0.393. The van der Waals surface area contributed by atoms with E-state index in [2.05, 4.69) is 85.1 Å². The maximum Gasteiger partial charge on any atom is 0.227 e. The molecule has 0 bridgehead atoms. The van der Waals surface area contributed by atoms with E-state index >= 15 is 0 Å². The summed E-state index contributed by atoms with van der Waals surface area (Å²) >= 11 is 0. The van der Waals surface area contributed by atoms with Crippen molar-refractivity contribution in [3.63, 3.8) is 0 Å². The van der Waals surface area contributed by atoms with Crippen molar-refractivity contribution in [3.05, 3.63) is 95.3 Å². The van der Waals surface area contributed by atoms with Crippen LogP contribution in [0.1, 0.15) is 41.3 Å². The predicted octanol–water partition coefficient (Wildman–Crippen LogP) is 5.81. The molecule has 4 heteroatoms. The average molecular weight is 424 g/mol. The molecule has 162 valence electrons. The van der Waals surface area contributed by atoms with Gasteiger partial charge in [0.25, 0.3) is 0 Å². The van der Waals surface area contributed by atoms with Crippen LogP contribution in [0.15, 0.2) is 72.8 Å². The van der Waals surface area contributed by atoms with Crippen molar-refractivity contribution in [3.8, 4) is 0 Å². The summed E-state index contributed by atoms with van der Waals surface area (Å²) in [5.74, 6) is 1.34. The summed E-state index contributed by atoms with van der Waals surface area (Å²) in [6.45, 7) is 5.76. The molecular formula is C28H29N3O. The molecule has 3 aromatic carbocycles. The van der Waals surface area contributed by atoms with Gasteiger partial charge in [-0.15, -0.1) is 0 Å². The Morgan fingerprint density at radius 1 is 0.906 bits per heavy atom. The number of carbonyl (C=O) groups is 1. The zero-order valence-corrected chi connectivity index (χ0v) is 18.8. The second kappa shape index (κ2) is 8.62. The summed E-state index contributed by atoms with van der Waals surface area (Å²) in [7, 11) is 0. The van der Waals surface area contributed by atoms with E-state index in [0.717, 1.165) is 53.1 Å². The van der Waals surface area contributed by atoms with Gasteiger partial charge in [0.15, 0.2) is 0 Å². The SMILES string of the molecule is Cc1cccc(C)c1N1CC(c2nc3ccccc3n2CCCc2ccccc2)CC1=O. The number of aryl methyl sites for hydroxylation is 4. The number of rotatable bonds is 6. The fourth-order valence-electron chi connectivity index (χ4n) is 5.05. The molecule has 1 atom stereocenters. The number of hydrogen-bond acceptors (Lipinski definition) is 2. The Kier molecular flexibility index (Phi) is 5.52. The van der Waals surface area contributed by atoms with Gasteiger partial charge in [-0.2, -0.15) is 0 Å². The molecule has 4 aromatic rings. The second-order valence-corrected chi connectivity index (χ2v) is 8.85. The Bertz CT molecular complexity index is 1240. The van der Waals surface area contributed by atoms with Crippen molar-refractivity contribution in [2.75, 3.05) is 11.4 Å². The summed E-state index contributed by atoms with van der Waals surface area (Å²) in [5, 5.41) is 0. The zero-order valence-electron chi connectivity index (χ0n) is 18.8. The van der Waals surface area contributed by atoms with Crippen LogP contribution in [0.2, 0.25) is 0 Å². The topological polar surface area (TPSA) is 38.1 Å². The Hall–Kier alpha value is -3.40. The second-order valence-electron chi connectivity index (χ2n) is 8.85. The van der Waals surface area contributed by atoms with E-state index < -0.39 is 0 Å². The lowest BCUT2D eigenvalue weighted by atomic mass is 10.1. The van der Waals surface area contributed by atoms with E-state index in [1.807, 2.05) is 11.0 Å². The van der Waals surface area contributed by atoms with Crippen molar-refractivity contribution >= 4 is 22.6 Å². The molecule has 0 N–H and O–H groups in total. The molecule has 0 saturated carbocycles. The zero-order chi connectivity index (χ0) is 22.1. The third-order valence-electron chi connectivity index (χ3n) is 6.57. The van der Waals surface area contributed by atoms with E-state index in [1.54, 1.807) is 0 Å². The van der Waals surface area contributed by atoms with Gasteiger partial charge in [-0.1, -0.05) is 60.7 Å². The van der Waals surface area contributed by atoms with Crippen molar-refractivity contribution in [2.45, 2.75) is 45.6 Å². The smallest absolute Gasteiger partial charge is 0.227 e. The van der Waals surface area contributed by atoms with Crippen LogP contribution in [-0.2, 0) is 17.8 Å². The molecule has 1 saturated heterocycles. The van der Waals surface area contributed by atoms with E-state index in [1.165, 1.54) is 5.56 Å². The van der Waals surface area contributed by atoms with E-state index in [4.69, 9.17) is 4.98 Å². The van der Waals surface area contributed by atoms with E-state index in [0.29, 0.717) is 13.0 Å². The summed E-state index contributed by atoms with van der Waals surface area (Å²) < 4.78 is 2.35. The Balaban J connectivity index is 1.44. The van der Waals surface area contributed by atoms with Gasteiger partial charge in [0.2, 0.25) is 5.91 Å². The molecule has 1 amide bonds. The van der Waals surface area contributed by atoms with Gasteiger partial charge in [-0.05, 0) is 55.5 Å². The highest BCUT2D eigenvalue weighted by molar-refractivity contribution is 5.98. The van der Waals surface area contributed by atoms with Gasteiger partial charge in [0, 0.05) is 31.1 Å². The van der Waals surface area contributed by atoms with Gasteiger partial charge >= 0.3 is 0 Å². The normalized spacial score (nSPS) is 16.2. The van der Waals surface area contributed by atoms with Crippen LogP contribution < -0.4 is 4.90 Å². The standard InChI is InChI=1S/C28H29N3O/c1-20-10-8-11-21(2)27(20)31-19-23(18-26(31)32)28-29-24-15-6-7-16-25(24)30(28)17-9-14-22-12-4-3-5-13-22/h3-8,10-13,15-16,23H,9,14,17-19H2,1-2H3. The van der Waals surface area contributed by atoms with Crippen LogP contribution in [0.3, 0.4) is 0 Å². The molecule has 32 heavy (non-hydrogen) atoms. The van der Waals surface area contributed by atoms with Gasteiger partial charge in [-0.3, -0.25) is 4.79 Å². The minimum atomic E-state index is 0.102. The Morgan fingerprint density at radius 3 is 2.41 bits per heavy atom. The number of nitrogens with zero attached hydrogens (tertiary/aromatic N) is 3. The highest BCUT2D eigenvalue weighted by Crippen LogP contribution is 2.36. The third-order valence-corrected chi connectivity index (χ3v) is 6.57. The van der Waals surface area contributed by atoms with Crippen LogP contribution in [0, 0.1) is 13.8 Å². The number of amides is 1. The number of anilines is 1. The van der Waals surface area contributed by atoms with Crippen LogP contribution in [-0.4, -0.2) is 22.0 Å². The summed E-state index contributed by atoms with van der Waals surface area (Å²) in [6, 6.07) is 25.2. The predicted molar refractivity (Wildman–Crippen MR) is 130 cm³/mol. The maximum atomic E-state index is 13.1. The first-order valence-corrected chi connectivity index (χ1v) is 11.5. The van der Waals surface area contributed by atoms with Crippen LogP contribution in [0.4, 0.5) is 5.69 Å². The molecule has 1 aliphatic heterocycles. The molecule has 0 spiro atoms. The highest BCUT2D eigenvalue weighted by Gasteiger charge is 2.35. The van der Waals surface area contributed by atoms with Crippen molar-refractivity contribution in [1.29, 1.82) is 0 Å². The molecule has 1 aromatic heterocycles. The van der Waals surface area contributed by atoms with Gasteiger partial charge < -0.3 is 9.47 Å². The number of fused-ring (bicyclic) bond motifs is 1. The van der Waals surface area contributed by atoms with E-state index in [9.17, 15) is 4.79 Å². The molecule has 0 aliphatic carbocycles. The van der Waals surface area contributed by atoms with Crippen LogP contribution >= 0.6 is 0 Å². The lowest BCUT2D eigenvalue weighted by molar-refractivity contribution is -0.117.